The Morgan fingerprint density at radius 3 is 2.43 bits per heavy atom. The molecule has 2 aromatic carbocycles. The monoisotopic (exact) mass is 291 g/mol. The molecular weight excluding hydrogens is 276 g/mol. The summed E-state index contributed by atoms with van der Waals surface area (Å²) in [4.78, 5) is 11.0. The fourth-order valence-corrected chi connectivity index (χ4v) is 1.92. The Labute approximate surface area is 121 Å². The molecule has 0 aliphatic carbocycles. The normalized spacial score (nSPS) is 11.8. The molecule has 0 spiro atoms. The second kappa shape index (κ2) is 6.83. The van der Waals surface area contributed by atoms with Crippen LogP contribution in [0.1, 0.15) is 18.5 Å². The Morgan fingerprint density at radius 2 is 1.81 bits per heavy atom. The fourth-order valence-electron chi connectivity index (χ4n) is 1.92. The van der Waals surface area contributed by atoms with Gasteiger partial charge in [0.2, 0.25) is 0 Å². The van der Waals surface area contributed by atoms with Gasteiger partial charge in [0.1, 0.15) is 18.2 Å². The maximum Gasteiger partial charge on any atom is 0.302 e. The maximum atomic E-state index is 13.3. The van der Waals surface area contributed by atoms with E-state index < -0.39 is 12.0 Å². The summed E-state index contributed by atoms with van der Waals surface area (Å²) in [6, 6.07) is 11.4. The highest BCUT2D eigenvalue weighted by atomic mass is 19.1. The van der Waals surface area contributed by atoms with E-state index in [2.05, 4.69) is 5.32 Å². The van der Waals surface area contributed by atoms with Gasteiger partial charge in [-0.2, -0.15) is 0 Å². The lowest BCUT2D eigenvalue weighted by atomic mass is 10.1. The molecule has 0 bridgehead atoms. The van der Waals surface area contributed by atoms with E-state index in [-0.39, 0.29) is 18.2 Å². The van der Waals surface area contributed by atoms with Crippen molar-refractivity contribution in [1.29, 1.82) is 0 Å². The third-order valence-electron chi connectivity index (χ3n) is 2.87. The molecule has 1 unspecified atom stereocenters. The Kier molecular flexibility index (Phi) is 4.87. The third kappa shape index (κ3) is 4.56. The third-order valence-corrected chi connectivity index (χ3v) is 2.87. The summed E-state index contributed by atoms with van der Waals surface area (Å²) in [5.41, 5.74) is 1.14. The van der Waals surface area contributed by atoms with Gasteiger partial charge in [0.25, 0.3) is 0 Å². The van der Waals surface area contributed by atoms with Crippen molar-refractivity contribution in [2.45, 2.75) is 13.0 Å². The quantitative estimate of drug-likeness (QED) is 0.854. The zero-order valence-corrected chi connectivity index (χ0v) is 11.5. The predicted molar refractivity (Wildman–Crippen MR) is 75.8 cm³/mol. The first-order chi connectivity index (χ1) is 10.0. The van der Waals surface area contributed by atoms with Crippen LogP contribution in [0.2, 0.25) is 0 Å². The minimum absolute atomic E-state index is 0.0231. The van der Waals surface area contributed by atoms with E-state index in [9.17, 15) is 13.6 Å². The molecule has 1 atom stereocenters. The van der Waals surface area contributed by atoms with Crippen LogP contribution in [-0.2, 0) is 9.53 Å². The Hall–Kier alpha value is -2.43. The number of carbonyl (C=O) groups excluding carboxylic acids is 1. The summed E-state index contributed by atoms with van der Waals surface area (Å²) in [7, 11) is 0. The number of esters is 1. The zero-order valence-electron chi connectivity index (χ0n) is 11.5. The topological polar surface area (TPSA) is 38.3 Å². The molecule has 0 heterocycles. The summed E-state index contributed by atoms with van der Waals surface area (Å²) >= 11 is 0. The van der Waals surface area contributed by atoms with E-state index >= 15 is 0 Å². The van der Waals surface area contributed by atoms with E-state index in [0.29, 0.717) is 11.3 Å². The molecule has 2 aromatic rings. The summed E-state index contributed by atoms with van der Waals surface area (Å²) in [5, 5.41) is 3.03. The van der Waals surface area contributed by atoms with Gasteiger partial charge in [-0.15, -0.1) is 0 Å². The first kappa shape index (κ1) is 15.0. The van der Waals surface area contributed by atoms with Crippen molar-refractivity contribution in [3.05, 3.63) is 65.7 Å². The largest absolute Gasteiger partial charge is 0.463 e. The van der Waals surface area contributed by atoms with Crippen LogP contribution in [0.25, 0.3) is 0 Å². The average molecular weight is 291 g/mol. The molecule has 1 N–H and O–H groups in total. The van der Waals surface area contributed by atoms with Gasteiger partial charge in [0.05, 0.1) is 6.04 Å². The highest BCUT2D eigenvalue weighted by Gasteiger charge is 2.14. The number of hydrogen-bond acceptors (Lipinski definition) is 3. The predicted octanol–water partition coefficient (Wildman–Crippen LogP) is 3.68. The second-order valence-electron chi connectivity index (χ2n) is 4.56. The van der Waals surface area contributed by atoms with Crippen molar-refractivity contribution in [3.8, 4) is 0 Å². The molecular formula is C16H15F2NO2. The summed E-state index contributed by atoms with van der Waals surface area (Å²) in [6.45, 7) is 1.32. The summed E-state index contributed by atoms with van der Waals surface area (Å²) in [5.74, 6) is -1.20. The van der Waals surface area contributed by atoms with Crippen molar-refractivity contribution in [2.24, 2.45) is 0 Å². The number of nitrogens with one attached hydrogen (secondary N) is 1. The van der Waals surface area contributed by atoms with E-state index in [0.717, 1.165) is 0 Å². The van der Waals surface area contributed by atoms with Crippen LogP contribution in [0.15, 0.2) is 48.5 Å². The van der Waals surface area contributed by atoms with Gasteiger partial charge in [-0.1, -0.05) is 18.2 Å². The van der Waals surface area contributed by atoms with Crippen molar-refractivity contribution in [1.82, 2.24) is 0 Å². The van der Waals surface area contributed by atoms with Crippen LogP contribution in [0, 0.1) is 11.6 Å². The van der Waals surface area contributed by atoms with Crippen molar-refractivity contribution >= 4 is 11.7 Å². The molecule has 3 nitrogen and oxygen atoms in total. The molecule has 21 heavy (non-hydrogen) atoms. The number of anilines is 1. The Bertz CT molecular complexity index is 631. The van der Waals surface area contributed by atoms with E-state index in [1.165, 1.54) is 31.2 Å². The van der Waals surface area contributed by atoms with Gasteiger partial charge < -0.3 is 10.1 Å². The van der Waals surface area contributed by atoms with Gasteiger partial charge in [-0.3, -0.25) is 4.79 Å². The van der Waals surface area contributed by atoms with E-state index in [4.69, 9.17) is 4.74 Å². The molecule has 0 fully saturated rings. The molecule has 0 aromatic heterocycles. The standard InChI is InChI=1S/C16H15F2NO2/c1-11(20)21-10-16(12-4-2-5-13(17)8-12)19-15-7-3-6-14(18)9-15/h2-9,16,19H,10H2,1H3. The molecule has 0 amide bonds. The molecule has 2 rings (SSSR count). The van der Waals surface area contributed by atoms with Gasteiger partial charge in [-0.05, 0) is 35.9 Å². The molecule has 0 saturated heterocycles. The van der Waals surface area contributed by atoms with E-state index in [1.807, 2.05) is 0 Å². The SMILES string of the molecule is CC(=O)OCC(Nc1cccc(F)c1)c1cccc(F)c1. The molecule has 0 aliphatic heterocycles. The number of hydrogen-bond donors (Lipinski definition) is 1. The van der Waals surface area contributed by atoms with E-state index in [1.54, 1.807) is 24.3 Å². The Balaban J connectivity index is 2.21. The maximum absolute atomic E-state index is 13.3. The van der Waals surface area contributed by atoms with Crippen LogP contribution in [0.4, 0.5) is 14.5 Å². The molecule has 0 radical (unpaired) electrons. The van der Waals surface area contributed by atoms with Crippen LogP contribution < -0.4 is 5.32 Å². The summed E-state index contributed by atoms with van der Waals surface area (Å²) in [6.07, 6.45) is 0. The number of benzene rings is 2. The zero-order chi connectivity index (χ0) is 15.2. The molecule has 0 saturated carbocycles. The summed E-state index contributed by atoms with van der Waals surface area (Å²) < 4.78 is 31.5. The molecule has 5 heteroatoms. The van der Waals surface area contributed by atoms with Gasteiger partial charge >= 0.3 is 5.97 Å². The number of ether oxygens (including phenoxy) is 1. The Morgan fingerprint density at radius 1 is 1.14 bits per heavy atom. The smallest absolute Gasteiger partial charge is 0.302 e. The number of rotatable bonds is 5. The van der Waals surface area contributed by atoms with Crippen LogP contribution in [0.5, 0.6) is 0 Å². The highest BCUT2D eigenvalue weighted by Crippen LogP contribution is 2.21. The average Bonchev–Trinajstić information content (AvgIpc) is 2.43. The lowest BCUT2D eigenvalue weighted by Gasteiger charge is -2.20. The van der Waals surface area contributed by atoms with Crippen molar-refractivity contribution in [2.75, 3.05) is 11.9 Å². The fraction of sp³-hybridized carbons (Fsp3) is 0.188. The first-order valence-electron chi connectivity index (χ1n) is 6.45. The second-order valence-corrected chi connectivity index (χ2v) is 4.56. The van der Waals surface area contributed by atoms with Gasteiger partial charge in [0.15, 0.2) is 0 Å². The van der Waals surface area contributed by atoms with Gasteiger partial charge in [0, 0.05) is 12.6 Å². The lowest BCUT2D eigenvalue weighted by Crippen LogP contribution is -2.19. The van der Waals surface area contributed by atoms with Crippen LogP contribution in [0.3, 0.4) is 0 Å². The number of halogens is 2. The van der Waals surface area contributed by atoms with Crippen molar-refractivity contribution in [3.63, 3.8) is 0 Å². The van der Waals surface area contributed by atoms with Gasteiger partial charge in [-0.25, -0.2) is 8.78 Å². The molecule has 0 aliphatic rings. The minimum atomic E-state index is -0.466. The minimum Gasteiger partial charge on any atom is -0.463 e. The van der Waals surface area contributed by atoms with Crippen LogP contribution >= 0.6 is 0 Å². The highest BCUT2D eigenvalue weighted by molar-refractivity contribution is 5.66. The van der Waals surface area contributed by atoms with Crippen molar-refractivity contribution < 1.29 is 18.3 Å². The number of carbonyl (C=O) groups is 1. The first-order valence-corrected chi connectivity index (χ1v) is 6.45. The lowest BCUT2D eigenvalue weighted by molar-refractivity contribution is -0.141. The molecule has 110 valence electrons. The van der Waals surface area contributed by atoms with Crippen LogP contribution in [-0.4, -0.2) is 12.6 Å².